The Morgan fingerprint density at radius 1 is 1.07 bits per heavy atom. The average Bonchev–Trinajstić information content (AvgIpc) is 2.23. The van der Waals surface area contributed by atoms with Gasteiger partial charge in [0.05, 0.1) is 6.20 Å². The van der Waals surface area contributed by atoms with Crippen molar-refractivity contribution in [2.75, 3.05) is 5.73 Å². The molecule has 0 unspecified atom stereocenters. The molecule has 0 radical (unpaired) electrons. The molecule has 2 N–H and O–H groups in total. The Kier molecular flexibility index (Phi) is 2.33. The molecule has 0 fully saturated rings. The van der Waals surface area contributed by atoms with Gasteiger partial charge in [-0.05, 0) is 12.1 Å². The second-order valence-corrected chi connectivity index (χ2v) is 3.07. The fourth-order valence-corrected chi connectivity index (χ4v) is 1.35. The van der Waals surface area contributed by atoms with Crippen molar-refractivity contribution in [3.05, 3.63) is 48.2 Å². The molecule has 0 saturated carbocycles. The van der Waals surface area contributed by atoms with Gasteiger partial charge in [-0.3, -0.25) is 0 Å². The van der Waals surface area contributed by atoms with Gasteiger partial charge in [0.25, 0.3) is 0 Å². The smallest absolute Gasteiger partial charge is 0.142 e. The molecular weight excluding hydrogens is 198 g/mol. The summed E-state index contributed by atoms with van der Waals surface area (Å²) in [6, 6.07) is 7.20. The topological polar surface area (TPSA) is 38.9 Å². The number of aromatic nitrogens is 1. The van der Waals surface area contributed by atoms with Crippen LogP contribution in [0.2, 0.25) is 0 Å². The lowest BCUT2D eigenvalue weighted by Crippen LogP contribution is -1.96. The molecule has 2 rings (SSSR count). The molecule has 0 aliphatic heterocycles. The first-order chi connectivity index (χ1) is 7.18. The van der Waals surface area contributed by atoms with E-state index in [2.05, 4.69) is 4.98 Å². The molecule has 0 amide bonds. The number of nitrogens with zero attached hydrogens (tertiary/aromatic N) is 1. The zero-order valence-electron chi connectivity index (χ0n) is 7.74. The van der Waals surface area contributed by atoms with Crippen molar-refractivity contribution in [1.82, 2.24) is 4.98 Å². The van der Waals surface area contributed by atoms with E-state index in [9.17, 15) is 8.78 Å². The molecule has 76 valence electrons. The van der Waals surface area contributed by atoms with Gasteiger partial charge in [-0.1, -0.05) is 18.2 Å². The molecule has 2 aromatic rings. The number of anilines is 1. The van der Waals surface area contributed by atoms with Gasteiger partial charge in [-0.2, -0.15) is 0 Å². The van der Waals surface area contributed by atoms with E-state index in [1.54, 1.807) is 12.1 Å². The van der Waals surface area contributed by atoms with Gasteiger partial charge < -0.3 is 5.73 Å². The van der Waals surface area contributed by atoms with Crippen molar-refractivity contribution in [1.29, 1.82) is 0 Å². The zero-order valence-corrected chi connectivity index (χ0v) is 7.74. The van der Waals surface area contributed by atoms with Crippen molar-refractivity contribution in [2.24, 2.45) is 0 Å². The molecule has 2 nitrogen and oxygen atoms in total. The van der Waals surface area contributed by atoms with Crippen LogP contribution in [-0.2, 0) is 0 Å². The first-order valence-corrected chi connectivity index (χ1v) is 4.34. The summed E-state index contributed by atoms with van der Waals surface area (Å²) in [6.45, 7) is 0. The monoisotopic (exact) mass is 206 g/mol. The van der Waals surface area contributed by atoms with Crippen LogP contribution in [-0.4, -0.2) is 4.98 Å². The van der Waals surface area contributed by atoms with Crippen LogP contribution in [0.4, 0.5) is 14.6 Å². The van der Waals surface area contributed by atoms with Gasteiger partial charge in [0.15, 0.2) is 0 Å². The summed E-state index contributed by atoms with van der Waals surface area (Å²) < 4.78 is 26.3. The SMILES string of the molecule is Nc1ncc(F)cc1-c1ccccc1F. The number of nitrogens with two attached hydrogens (primary N) is 1. The zero-order chi connectivity index (χ0) is 10.8. The predicted octanol–water partition coefficient (Wildman–Crippen LogP) is 2.61. The first kappa shape index (κ1) is 9.58. The van der Waals surface area contributed by atoms with Crippen LogP contribution in [0.15, 0.2) is 36.5 Å². The number of pyridine rings is 1. The molecule has 15 heavy (non-hydrogen) atoms. The Labute approximate surface area is 85.4 Å². The standard InChI is InChI=1S/C11H8F2N2/c12-7-5-9(11(14)15-6-7)8-3-1-2-4-10(8)13/h1-6H,(H2,14,15). The second-order valence-electron chi connectivity index (χ2n) is 3.07. The van der Waals surface area contributed by atoms with E-state index in [-0.39, 0.29) is 16.9 Å². The summed E-state index contributed by atoms with van der Waals surface area (Å²) in [7, 11) is 0. The van der Waals surface area contributed by atoms with Crippen LogP contribution in [0.1, 0.15) is 0 Å². The van der Waals surface area contributed by atoms with E-state index in [1.165, 1.54) is 18.2 Å². The van der Waals surface area contributed by atoms with Gasteiger partial charge in [0.2, 0.25) is 0 Å². The first-order valence-electron chi connectivity index (χ1n) is 4.34. The highest BCUT2D eigenvalue weighted by Gasteiger charge is 2.09. The molecular formula is C11H8F2N2. The Morgan fingerprint density at radius 2 is 1.80 bits per heavy atom. The highest BCUT2D eigenvalue weighted by Crippen LogP contribution is 2.26. The van der Waals surface area contributed by atoms with E-state index in [4.69, 9.17) is 5.73 Å². The largest absolute Gasteiger partial charge is 0.383 e. The van der Waals surface area contributed by atoms with Crippen LogP contribution in [0.3, 0.4) is 0 Å². The molecule has 0 aliphatic rings. The van der Waals surface area contributed by atoms with Gasteiger partial charge >= 0.3 is 0 Å². The predicted molar refractivity (Wildman–Crippen MR) is 54.0 cm³/mol. The summed E-state index contributed by atoms with van der Waals surface area (Å²) in [5.41, 5.74) is 6.07. The minimum Gasteiger partial charge on any atom is -0.383 e. The average molecular weight is 206 g/mol. The maximum atomic E-state index is 13.4. The van der Waals surface area contributed by atoms with Gasteiger partial charge in [-0.25, -0.2) is 13.8 Å². The van der Waals surface area contributed by atoms with Gasteiger partial charge in [0, 0.05) is 11.1 Å². The summed E-state index contributed by atoms with van der Waals surface area (Å²) in [5, 5.41) is 0. The van der Waals surface area contributed by atoms with Crippen molar-refractivity contribution >= 4 is 5.82 Å². The van der Waals surface area contributed by atoms with Crippen LogP contribution >= 0.6 is 0 Å². The maximum absolute atomic E-state index is 13.4. The Morgan fingerprint density at radius 3 is 2.53 bits per heavy atom. The maximum Gasteiger partial charge on any atom is 0.142 e. The quantitative estimate of drug-likeness (QED) is 0.778. The van der Waals surface area contributed by atoms with E-state index >= 15 is 0 Å². The molecule has 0 saturated heterocycles. The minimum absolute atomic E-state index is 0.113. The molecule has 1 heterocycles. The number of halogens is 2. The third-order valence-corrected chi connectivity index (χ3v) is 2.05. The Hall–Kier alpha value is -1.97. The Bertz CT molecular complexity index is 498. The summed E-state index contributed by atoms with van der Waals surface area (Å²) in [6.07, 6.45) is 1.000. The summed E-state index contributed by atoms with van der Waals surface area (Å²) >= 11 is 0. The minimum atomic E-state index is -0.539. The number of benzene rings is 1. The highest BCUT2D eigenvalue weighted by atomic mass is 19.1. The van der Waals surface area contributed by atoms with Crippen molar-refractivity contribution in [3.63, 3.8) is 0 Å². The van der Waals surface area contributed by atoms with Crippen LogP contribution in [0, 0.1) is 11.6 Å². The summed E-state index contributed by atoms with van der Waals surface area (Å²) in [4.78, 5) is 3.63. The third kappa shape index (κ3) is 1.79. The van der Waals surface area contributed by atoms with E-state index in [0.717, 1.165) is 6.20 Å². The van der Waals surface area contributed by atoms with Crippen molar-refractivity contribution in [2.45, 2.75) is 0 Å². The molecule has 1 aromatic heterocycles. The number of nitrogen functional groups attached to an aromatic ring is 1. The van der Waals surface area contributed by atoms with Crippen LogP contribution < -0.4 is 5.73 Å². The molecule has 0 aliphatic carbocycles. The Balaban J connectivity index is 2.64. The number of hydrogen-bond donors (Lipinski definition) is 1. The van der Waals surface area contributed by atoms with Crippen LogP contribution in [0.5, 0.6) is 0 Å². The third-order valence-electron chi connectivity index (χ3n) is 2.05. The lowest BCUT2D eigenvalue weighted by molar-refractivity contribution is 0.620. The summed E-state index contributed by atoms with van der Waals surface area (Å²) in [5.74, 6) is -0.874. The van der Waals surface area contributed by atoms with Crippen LogP contribution in [0.25, 0.3) is 11.1 Å². The van der Waals surface area contributed by atoms with Gasteiger partial charge in [0.1, 0.15) is 17.5 Å². The van der Waals surface area contributed by atoms with Crippen molar-refractivity contribution < 1.29 is 8.78 Å². The molecule has 0 atom stereocenters. The number of hydrogen-bond acceptors (Lipinski definition) is 2. The second kappa shape index (κ2) is 3.65. The molecule has 4 heteroatoms. The lowest BCUT2D eigenvalue weighted by atomic mass is 10.1. The molecule has 1 aromatic carbocycles. The highest BCUT2D eigenvalue weighted by molar-refractivity contribution is 5.73. The molecule has 0 bridgehead atoms. The number of rotatable bonds is 1. The normalized spacial score (nSPS) is 10.3. The van der Waals surface area contributed by atoms with Crippen molar-refractivity contribution in [3.8, 4) is 11.1 Å². The van der Waals surface area contributed by atoms with E-state index < -0.39 is 11.6 Å². The fraction of sp³-hybridized carbons (Fsp3) is 0. The fourth-order valence-electron chi connectivity index (χ4n) is 1.35. The molecule has 0 spiro atoms. The van der Waals surface area contributed by atoms with Gasteiger partial charge in [-0.15, -0.1) is 0 Å². The lowest BCUT2D eigenvalue weighted by Gasteiger charge is -2.05. The van der Waals surface area contributed by atoms with E-state index in [0.29, 0.717) is 0 Å². The van der Waals surface area contributed by atoms with E-state index in [1.807, 2.05) is 0 Å².